The Morgan fingerprint density at radius 2 is 1.34 bits per heavy atom. The molecule has 0 aliphatic heterocycles. The first kappa shape index (κ1) is 27.3. The Labute approximate surface area is 220 Å². The maximum atomic E-state index is 11.4. The van der Waals surface area contributed by atoms with E-state index in [0.29, 0.717) is 0 Å². The maximum Gasteiger partial charge on any atom is 1.00 e. The van der Waals surface area contributed by atoms with E-state index >= 15 is 0 Å². The number of unbranched alkanes of at least 4 members (excludes halogenated alkanes) is 8. The van der Waals surface area contributed by atoms with Crippen molar-refractivity contribution in [2.45, 2.75) is 95.8 Å². The summed E-state index contributed by atoms with van der Waals surface area (Å²) >= 11 is 0. The molecular weight excluding hydrogens is 407 g/mol. The standard InChI is InChI=1S/C24H36O3S.K/c1-3-5-7-9-11-13-20-17-21(14-12-10-8-6-4-2)24-16-15-23(28(25,26)27)19-22(24)18-20;/h15-19H,3-14H2,1-2H3,(H,25,26,27);/q;+1/p-1. The molecule has 0 fully saturated rings. The summed E-state index contributed by atoms with van der Waals surface area (Å²) in [6, 6.07) is 9.19. The van der Waals surface area contributed by atoms with Crippen molar-refractivity contribution in [2.75, 3.05) is 0 Å². The quantitative estimate of drug-likeness (QED) is 0.269. The third-order valence-corrected chi connectivity index (χ3v) is 6.31. The van der Waals surface area contributed by atoms with Gasteiger partial charge in [0.1, 0.15) is 10.1 Å². The predicted octanol–water partition coefficient (Wildman–Crippen LogP) is 3.77. The summed E-state index contributed by atoms with van der Waals surface area (Å²) in [6.45, 7) is 4.44. The van der Waals surface area contributed by atoms with E-state index in [0.717, 1.165) is 36.5 Å². The van der Waals surface area contributed by atoms with Crippen LogP contribution in [-0.2, 0) is 23.0 Å². The van der Waals surface area contributed by atoms with Crippen LogP contribution in [0.25, 0.3) is 10.8 Å². The average Bonchev–Trinajstić information content (AvgIpc) is 2.66. The second-order valence-corrected chi connectivity index (χ2v) is 9.30. The third kappa shape index (κ3) is 9.50. The molecule has 0 radical (unpaired) electrons. The van der Waals surface area contributed by atoms with E-state index in [4.69, 9.17) is 0 Å². The molecule has 0 aliphatic carbocycles. The van der Waals surface area contributed by atoms with Crippen LogP contribution >= 0.6 is 0 Å². The van der Waals surface area contributed by atoms with Crippen LogP contribution in [0.2, 0.25) is 0 Å². The van der Waals surface area contributed by atoms with Crippen LogP contribution in [0.5, 0.6) is 0 Å². The molecule has 2 rings (SSSR count). The molecule has 0 aromatic heterocycles. The van der Waals surface area contributed by atoms with E-state index in [9.17, 15) is 13.0 Å². The monoisotopic (exact) mass is 442 g/mol. The minimum atomic E-state index is -4.42. The second kappa shape index (κ2) is 14.3. The van der Waals surface area contributed by atoms with Gasteiger partial charge in [-0.1, -0.05) is 83.4 Å². The maximum absolute atomic E-state index is 11.4. The Balaban J connectivity index is 0.00000420. The van der Waals surface area contributed by atoms with Gasteiger partial charge >= 0.3 is 51.4 Å². The molecule has 0 atom stereocenters. The molecule has 0 unspecified atom stereocenters. The Kier molecular flexibility index (Phi) is 13.5. The van der Waals surface area contributed by atoms with Crippen molar-refractivity contribution in [2.24, 2.45) is 0 Å². The third-order valence-electron chi connectivity index (χ3n) is 5.48. The topological polar surface area (TPSA) is 57.2 Å². The molecule has 0 amide bonds. The van der Waals surface area contributed by atoms with E-state index in [2.05, 4.69) is 26.0 Å². The van der Waals surface area contributed by atoms with Gasteiger partial charge in [0, 0.05) is 0 Å². The molecule has 29 heavy (non-hydrogen) atoms. The smallest absolute Gasteiger partial charge is 0.744 e. The molecule has 2 aromatic rings. The van der Waals surface area contributed by atoms with Crippen LogP contribution in [0, 0.1) is 0 Å². The van der Waals surface area contributed by atoms with E-state index < -0.39 is 10.1 Å². The molecule has 0 saturated carbocycles. The minimum Gasteiger partial charge on any atom is -0.744 e. The largest absolute Gasteiger partial charge is 1.00 e. The first-order valence-electron chi connectivity index (χ1n) is 11.0. The van der Waals surface area contributed by atoms with Crippen molar-refractivity contribution < 1.29 is 64.4 Å². The van der Waals surface area contributed by atoms with Gasteiger partial charge in [0.15, 0.2) is 0 Å². The zero-order chi connectivity index (χ0) is 20.4. The summed E-state index contributed by atoms with van der Waals surface area (Å²) < 4.78 is 34.3. The second-order valence-electron chi connectivity index (χ2n) is 7.92. The van der Waals surface area contributed by atoms with Gasteiger partial charge in [0.05, 0.1) is 4.90 Å². The molecule has 2 aromatic carbocycles. The first-order valence-corrected chi connectivity index (χ1v) is 12.4. The number of benzene rings is 2. The number of rotatable bonds is 13. The van der Waals surface area contributed by atoms with E-state index in [1.807, 2.05) is 6.07 Å². The molecule has 0 aliphatic rings. The molecule has 0 bridgehead atoms. The van der Waals surface area contributed by atoms with Crippen molar-refractivity contribution in [3.63, 3.8) is 0 Å². The minimum absolute atomic E-state index is 0. The molecule has 3 nitrogen and oxygen atoms in total. The van der Waals surface area contributed by atoms with Crippen molar-refractivity contribution in [3.8, 4) is 0 Å². The molecule has 5 heteroatoms. The van der Waals surface area contributed by atoms with Crippen LogP contribution in [0.3, 0.4) is 0 Å². The average molecular weight is 443 g/mol. The Morgan fingerprint density at radius 3 is 1.93 bits per heavy atom. The van der Waals surface area contributed by atoms with Crippen LogP contribution < -0.4 is 51.4 Å². The van der Waals surface area contributed by atoms with Crippen LogP contribution in [0.4, 0.5) is 0 Å². The number of hydrogen-bond donors (Lipinski definition) is 0. The molecule has 156 valence electrons. The fourth-order valence-electron chi connectivity index (χ4n) is 3.85. The van der Waals surface area contributed by atoms with E-state index in [1.54, 1.807) is 6.07 Å². The van der Waals surface area contributed by atoms with Crippen LogP contribution in [-0.4, -0.2) is 13.0 Å². The predicted molar refractivity (Wildman–Crippen MR) is 117 cm³/mol. The fraction of sp³-hybridized carbons (Fsp3) is 0.583. The Bertz CT molecular complexity index is 847. The first-order chi connectivity index (χ1) is 13.5. The summed E-state index contributed by atoms with van der Waals surface area (Å²) in [5, 5.41) is 1.96. The van der Waals surface area contributed by atoms with Gasteiger partial charge in [-0.3, -0.25) is 0 Å². The summed E-state index contributed by atoms with van der Waals surface area (Å²) in [4.78, 5) is -0.131. The van der Waals surface area contributed by atoms with Crippen molar-refractivity contribution in [1.82, 2.24) is 0 Å². The molecule has 0 N–H and O–H groups in total. The van der Waals surface area contributed by atoms with Gasteiger partial charge in [0.25, 0.3) is 0 Å². The van der Waals surface area contributed by atoms with Gasteiger partial charge in [-0.05, 0) is 59.7 Å². The number of hydrogen-bond acceptors (Lipinski definition) is 3. The van der Waals surface area contributed by atoms with Crippen molar-refractivity contribution >= 4 is 20.9 Å². The van der Waals surface area contributed by atoms with Gasteiger partial charge in [0.2, 0.25) is 0 Å². The van der Waals surface area contributed by atoms with Gasteiger partial charge in [-0.25, -0.2) is 8.42 Å². The zero-order valence-corrected chi connectivity index (χ0v) is 22.4. The Morgan fingerprint density at radius 1 is 0.759 bits per heavy atom. The SMILES string of the molecule is CCCCCCCc1cc(CCCCCCC)c2ccc(S(=O)(=O)[O-])cc2c1.[K+]. The van der Waals surface area contributed by atoms with Gasteiger partial charge in [-0.15, -0.1) is 0 Å². The summed E-state index contributed by atoms with van der Waals surface area (Å²) in [5.41, 5.74) is 2.54. The Hall–Kier alpha value is 0.246. The van der Waals surface area contributed by atoms with Crippen molar-refractivity contribution in [3.05, 3.63) is 41.5 Å². The summed E-state index contributed by atoms with van der Waals surface area (Å²) in [6.07, 6.45) is 14.4. The molecule has 0 spiro atoms. The fourth-order valence-corrected chi connectivity index (χ4v) is 4.36. The summed E-state index contributed by atoms with van der Waals surface area (Å²) in [5.74, 6) is 0. The molecular formula is C24H35KO3S. The number of fused-ring (bicyclic) bond motifs is 1. The normalized spacial score (nSPS) is 11.6. The van der Waals surface area contributed by atoms with Gasteiger partial charge < -0.3 is 4.55 Å². The van der Waals surface area contributed by atoms with Crippen LogP contribution in [0.15, 0.2) is 35.2 Å². The van der Waals surface area contributed by atoms with E-state index in [1.165, 1.54) is 68.6 Å². The zero-order valence-electron chi connectivity index (χ0n) is 18.5. The van der Waals surface area contributed by atoms with E-state index in [-0.39, 0.29) is 56.3 Å². The number of aryl methyl sites for hydroxylation is 2. The molecule has 0 heterocycles. The van der Waals surface area contributed by atoms with Crippen molar-refractivity contribution in [1.29, 1.82) is 0 Å². The van der Waals surface area contributed by atoms with Crippen LogP contribution in [0.1, 0.15) is 89.2 Å². The summed E-state index contributed by atoms with van der Waals surface area (Å²) in [7, 11) is -4.42. The van der Waals surface area contributed by atoms with Gasteiger partial charge in [-0.2, -0.15) is 0 Å². The molecule has 0 saturated heterocycles.